The summed E-state index contributed by atoms with van der Waals surface area (Å²) >= 11 is 0. The molecule has 0 atom stereocenters. The Morgan fingerprint density at radius 2 is 1.68 bits per heavy atom. The second-order valence-electron chi connectivity index (χ2n) is 6.67. The smallest absolute Gasteiger partial charge is 0.254 e. The number of piperidine rings is 1. The Labute approximate surface area is 147 Å². The van der Waals surface area contributed by atoms with E-state index in [0.717, 1.165) is 43.3 Å². The van der Waals surface area contributed by atoms with Gasteiger partial charge in [-0.15, -0.1) is 0 Å². The molecule has 1 saturated heterocycles. The van der Waals surface area contributed by atoms with Crippen molar-refractivity contribution in [2.24, 2.45) is 5.92 Å². The van der Waals surface area contributed by atoms with Gasteiger partial charge in [-0.2, -0.15) is 9.37 Å². The van der Waals surface area contributed by atoms with E-state index in [4.69, 9.17) is 4.74 Å². The van der Waals surface area contributed by atoms with Gasteiger partial charge in [-0.05, 0) is 52.5 Å². The summed E-state index contributed by atoms with van der Waals surface area (Å²) in [5.74, 6) is 1.29. The molecule has 0 radical (unpaired) electrons. The molecule has 0 saturated carbocycles. The monoisotopic (exact) mass is 345 g/mol. The number of hydrogen-bond acceptors (Lipinski definition) is 6. The van der Waals surface area contributed by atoms with Gasteiger partial charge in [0.25, 0.3) is 5.88 Å². The number of ether oxygens (including phenoxy) is 1. The van der Waals surface area contributed by atoms with E-state index >= 15 is 0 Å². The standard InChI is InChI=1S/C18H24FN5O/c1-11-9-12(2)21-18(20-11)24-7-5-15(6-8-24)10-25-17-16(19)13(3)22-14(4)23-17/h9,15H,5-8,10H2,1-4H3. The first kappa shape index (κ1) is 17.5. The van der Waals surface area contributed by atoms with Crippen molar-refractivity contribution < 1.29 is 9.13 Å². The highest BCUT2D eigenvalue weighted by atomic mass is 19.1. The summed E-state index contributed by atoms with van der Waals surface area (Å²) in [5.41, 5.74) is 2.29. The second kappa shape index (κ2) is 7.29. The number of aryl methyl sites for hydroxylation is 4. The van der Waals surface area contributed by atoms with Gasteiger partial charge in [0.1, 0.15) is 5.82 Å². The third-order valence-electron chi connectivity index (χ3n) is 4.42. The summed E-state index contributed by atoms with van der Waals surface area (Å²) in [4.78, 5) is 19.3. The van der Waals surface area contributed by atoms with Crippen molar-refractivity contribution in [3.63, 3.8) is 0 Å². The Morgan fingerprint density at radius 3 is 2.32 bits per heavy atom. The maximum absolute atomic E-state index is 14.0. The van der Waals surface area contributed by atoms with Gasteiger partial charge < -0.3 is 9.64 Å². The van der Waals surface area contributed by atoms with Gasteiger partial charge in [0, 0.05) is 24.5 Å². The van der Waals surface area contributed by atoms with Crippen LogP contribution in [0, 0.1) is 39.4 Å². The lowest BCUT2D eigenvalue weighted by Gasteiger charge is -2.32. The van der Waals surface area contributed by atoms with Gasteiger partial charge >= 0.3 is 0 Å². The molecule has 0 bridgehead atoms. The van der Waals surface area contributed by atoms with Crippen molar-refractivity contribution in [2.45, 2.75) is 40.5 Å². The highest BCUT2D eigenvalue weighted by Gasteiger charge is 2.23. The first-order chi connectivity index (χ1) is 11.9. The molecule has 2 aromatic rings. The molecule has 0 aromatic carbocycles. The van der Waals surface area contributed by atoms with Crippen LogP contribution in [0.1, 0.15) is 35.7 Å². The summed E-state index contributed by atoms with van der Waals surface area (Å²) in [6, 6.07) is 1.98. The van der Waals surface area contributed by atoms with Crippen LogP contribution in [0.4, 0.5) is 10.3 Å². The van der Waals surface area contributed by atoms with E-state index in [0.29, 0.717) is 24.0 Å². The fraction of sp³-hybridized carbons (Fsp3) is 0.556. The minimum absolute atomic E-state index is 0.0603. The molecular formula is C18H24FN5O. The van der Waals surface area contributed by atoms with Crippen LogP contribution >= 0.6 is 0 Å². The van der Waals surface area contributed by atoms with Gasteiger partial charge in [-0.25, -0.2) is 15.0 Å². The van der Waals surface area contributed by atoms with Gasteiger partial charge in [0.2, 0.25) is 11.8 Å². The average molecular weight is 345 g/mol. The third-order valence-corrected chi connectivity index (χ3v) is 4.42. The lowest BCUT2D eigenvalue weighted by atomic mass is 9.98. The van der Waals surface area contributed by atoms with Gasteiger partial charge in [0.05, 0.1) is 12.3 Å². The van der Waals surface area contributed by atoms with Crippen molar-refractivity contribution in [1.82, 2.24) is 19.9 Å². The van der Waals surface area contributed by atoms with Crippen LogP contribution in [0.2, 0.25) is 0 Å². The first-order valence-electron chi connectivity index (χ1n) is 8.63. The molecule has 25 heavy (non-hydrogen) atoms. The molecule has 1 aliphatic heterocycles. The predicted octanol–water partition coefficient (Wildman–Crippen LogP) is 2.93. The van der Waals surface area contributed by atoms with Crippen LogP contribution in [0.25, 0.3) is 0 Å². The van der Waals surface area contributed by atoms with E-state index in [1.54, 1.807) is 13.8 Å². The zero-order valence-corrected chi connectivity index (χ0v) is 15.2. The summed E-state index contributed by atoms with van der Waals surface area (Å²) in [6.45, 7) is 9.55. The third kappa shape index (κ3) is 4.21. The number of rotatable bonds is 4. The lowest BCUT2D eigenvalue weighted by Crippen LogP contribution is -2.36. The van der Waals surface area contributed by atoms with Crippen molar-refractivity contribution in [3.8, 4) is 5.88 Å². The fourth-order valence-electron chi connectivity index (χ4n) is 3.11. The maximum Gasteiger partial charge on any atom is 0.254 e. The molecule has 0 spiro atoms. The van der Waals surface area contributed by atoms with Crippen LogP contribution < -0.4 is 9.64 Å². The molecule has 6 nitrogen and oxygen atoms in total. The molecule has 3 rings (SSSR count). The molecule has 0 unspecified atom stereocenters. The van der Waals surface area contributed by atoms with Crippen molar-refractivity contribution in [3.05, 3.63) is 34.8 Å². The SMILES string of the molecule is Cc1cc(C)nc(N2CCC(COc3nc(C)nc(C)c3F)CC2)n1. The molecule has 2 aromatic heterocycles. The minimum atomic E-state index is -0.466. The molecule has 1 fully saturated rings. The number of aromatic nitrogens is 4. The second-order valence-corrected chi connectivity index (χ2v) is 6.67. The van der Waals surface area contributed by atoms with E-state index in [2.05, 4.69) is 24.8 Å². The Kier molecular flexibility index (Phi) is 5.11. The summed E-state index contributed by atoms with van der Waals surface area (Å²) in [5, 5.41) is 0. The van der Waals surface area contributed by atoms with Crippen LogP contribution in [-0.2, 0) is 0 Å². The van der Waals surface area contributed by atoms with Crippen LogP contribution in [0.5, 0.6) is 5.88 Å². The summed E-state index contributed by atoms with van der Waals surface area (Å²) < 4.78 is 19.7. The summed E-state index contributed by atoms with van der Waals surface area (Å²) in [6.07, 6.45) is 1.92. The van der Waals surface area contributed by atoms with Crippen LogP contribution in [0.3, 0.4) is 0 Å². The zero-order chi connectivity index (χ0) is 18.0. The largest absolute Gasteiger partial charge is 0.475 e. The molecule has 134 valence electrons. The number of halogens is 1. The zero-order valence-electron chi connectivity index (χ0n) is 15.2. The molecule has 0 N–H and O–H groups in total. The van der Waals surface area contributed by atoms with E-state index in [1.165, 1.54) is 0 Å². The first-order valence-corrected chi connectivity index (χ1v) is 8.63. The van der Waals surface area contributed by atoms with Crippen LogP contribution in [-0.4, -0.2) is 39.6 Å². The molecule has 7 heteroatoms. The Hall–Kier alpha value is -2.31. The lowest BCUT2D eigenvalue weighted by molar-refractivity contribution is 0.206. The molecule has 0 aliphatic carbocycles. The Balaban J connectivity index is 1.56. The Morgan fingerprint density at radius 1 is 1.04 bits per heavy atom. The number of anilines is 1. The fourth-order valence-corrected chi connectivity index (χ4v) is 3.11. The van der Waals surface area contributed by atoms with Gasteiger partial charge in [0.15, 0.2) is 0 Å². The minimum Gasteiger partial charge on any atom is -0.475 e. The molecule has 0 amide bonds. The molecular weight excluding hydrogens is 321 g/mol. The maximum atomic E-state index is 14.0. The highest BCUT2D eigenvalue weighted by Crippen LogP contribution is 2.23. The Bertz CT molecular complexity index is 739. The number of nitrogens with zero attached hydrogens (tertiary/aromatic N) is 5. The predicted molar refractivity (Wildman–Crippen MR) is 93.4 cm³/mol. The topological polar surface area (TPSA) is 64.0 Å². The van der Waals surface area contributed by atoms with E-state index < -0.39 is 5.82 Å². The highest BCUT2D eigenvalue weighted by molar-refractivity contribution is 5.32. The molecule has 1 aliphatic rings. The molecule has 3 heterocycles. The van der Waals surface area contributed by atoms with E-state index in [-0.39, 0.29) is 5.88 Å². The van der Waals surface area contributed by atoms with Gasteiger partial charge in [-0.3, -0.25) is 0 Å². The van der Waals surface area contributed by atoms with E-state index in [1.807, 2.05) is 19.9 Å². The van der Waals surface area contributed by atoms with E-state index in [9.17, 15) is 4.39 Å². The van der Waals surface area contributed by atoms with Crippen molar-refractivity contribution >= 4 is 5.95 Å². The van der Waals surface area contributed by atoms with Crippen molar-refractivity contribution in [1.29, 1.82) is 0 Å². The average Bonchev–Trinajstić information content (AvgIpc) is 2.56. The van der Waals surface area contributed by atoms with Gasteiger partial charge in [-0.1, -0.05) is 0 Å². The normalized spacial score (nSPS) is 15.5. The van der Waals surface area contributed by atoms with Crippen LogP contribution in [0.15, 0.2) is 6.07 Å². The van der Waals surface area contributed by atoms with Crippen molar-refractivity contribution in [2.75, 3.05) is 24.6 Å². The quantitative estimate of drug-likeness (QED) is 0.849. The number of hydrogen-bond donors (Lipinski definition) is 0. The summed E-state index contributed by atoms with van der Waals surface area (Å²) in [7, 11) is 0.